The van der Waals surface area contributed by atoms with Crippen LogP contribution in [0.3, 0.4) is 0 Å². The number of para-hydroxylation sites is 1. The van der Waals surface area contributed by atoms with E-state index in [1.807, 2.05) is 0 Å². The molecule has 0 atom stereocenters. The molecular weight excluding hydrogens is 441 g/mol. The lowest BCUT2D eigenvalue weighted by Crippen LogP contribution is -2.25. The number of nitrogens with zero attached hydrogens (tertiary/aromatic N) is 1. The van der Waals surface area contributed by atoms with Crippen LogP contribution in [0.1, 0.15) is 17.5 Å². The SMILES string of the molecule is CS(=O)(=O)Nc1ccccc1CNC(=O)CCNc1ccc(C(F)(F)F)cc1[N+](=O)[O-]. The third kappa shape index (κ3) is 7.44. The fourth-order valence-corrected chi connectivity index (χ4v) is 3.17. The quantitative estimate of drug-likeness (QED) is 0.389. The Morgan fingerprint density at radius 2 is 1.81 bits per heavy atom. The summed E-state index contributed by atoms with van der Waals surface area (Å²) in [6.07, 6.45) is -3.85. The highest BCUT2D eigenvalue weighted by atomic mass is 32.2. The zero-order chi connectivity index (χ0) is 23.2. The van der Waals surface area contributed by atoms with Gasteiger partial charge < -0.3 is 10.6 Å². The minimum Gasteiger partial charge on any atom is -0.379 e. The van der Waals surface area contributed by atoms with Crippen LogP contribution in [0.4, 0.5) is 30.2 Å². The van der Waals surface area contributed by atoms with E-state index in [1.165, 1.54) is 6.07 Å². The molecule has 0 bridgehead atoms. The predicted molar refractivity (Wildman–Crippen MR) is 108 cm³/mol. The van der Waals surface area contributed by atoms with E-state index in [1.54, 1.807) is 18.2 Å². The number of alkyl halides is 3. The molecule has 9 nitrogen and oxygen atoms in total. The molecule has 0 unspecified atom stereocenters. The lowest BCUT2D eigenvalue weighted by molar-refractivity contribution is -0.384. The van der Waals surface area contributed by atoms with Crippen LogP contribution in [0.15, 0.2) is 42.5 Å². The maximum atomic E-state index is 12.7. The summed E-state index contributed by atoms with van der Waals surface area (Å²) in [4.78, 5) is 22.2. The van der Waals surface area contributed by atoms with Crippen molar-refractivity contribution in [1.82, 2.24) is 5.32 Å². The fraction of sp³-hybridized carbons (Fsp3) is 0.278. The van der Waals surface area contributed by atoms with Crippen molar-refractivity contribution < 1.29 is 31.3 Å². The van der Waals surface area contributed by atoms with Gasteiger partial charge in [0.15, 0.2) is 0 Å². The van der Waals surface area contributed by atoms with Crippen molar-refractivity contribution in [2.24, 2.45) is 0 Å². The molecule has 0 saturated carbocycles. The molecule has 2 aromatic rings. The Kier molecular flexibility index (Phi) is 7.44. The summed E-state index contributed by atoms with van der Waals surface area (Å²) in [7, 11) is -3.50. The summed E-state index contributed by atoms with van der Waals surface area (Å²) in [5.41, 5.74) is -1.22. The van der Waals surface area contributed by atoms with Crippen molar-refractivity contribution in [3.63, 3.8) is 0 Å². The van der Waals surface area contributed by atoms with Crippen LogP contribution in [0.5, 0.6) is 0 Å². The van der Waals surface area contributed by atoms with Crippen LogP contribution in [0.25, 0.3) is 0 Å². The van der Waals surface area contributed by atoms with Gasteiger partial charge in [0.25, 0.3) is 5.69 Å². The Bertz CT molecular complexity index is 1070. The molecule has 0 saturated heterocycles. The molecule has 2 aromatic carbocycles. The van der Waals surface area contributed by atoms with E-state index in [-0.39, 0.29) is 25.2 Å². The summed E-state index contributed by atoms with van der Waals surface area (Å²) < 4.78 is 63.3. The van der Waals surface area contributed by atoms with Crippen LogP contribution < -0.4 is 15.4 Å². The van der Waals surface area contributed by atoms with E-state index in [0.29, 0.717) is 23.4 Å². The summed E-state index contributed by atoms with van der Waals surface area (Å²) in [6, 6.07) is 8.52. The van der Waals surface area contributed by atoms with Crippen molar-refractivity contribution in [2.45, 2.75) is 19.1 Å². The Labute approximate surface area is 175 Å². The Balaban J connectivity index is 1.94. The molecule has 13 heteroatoms. The Morgan fingerprint density at radius 1 is 1.13 bits per heavy atom. The number of benzene rings is 2. The largest absolute Gasteiger partial charge is 0.416 e. The lowest BCUT2D eigenvalue weighted by Gasteiger charge is -2.12. The third-order valence-electron chi connectivity index (χ3n) is 3.98. The number of hydrogen-bond donors (Lipinski definition) is 3. The second-order valence-corrected chi connectivity index (χ2v) is 8.22. The first-order valence-electron chi connectivity index (χ1n) is 8.79. The van der Waals surface area contributed by atoms with Crippen LogP contribution in [-0.2, 0) is 27.5 Å². The summed E-state index contributed by atoms with van der Waals surface area (Å²) in [5.74, 6) is -0.448. The maximum absolute atomic E-state index is 12.7. The van der Waals surface area contributed by atoms with Crippen LogP contribution >= 0.6 is 0 Å². The van der Waals surface area contributed by atoms with Crippen molar-refractivity contribution in [2.75, 3.05) is 22.8 Å². The van der Waals surface area contributed by atoms with Crippen molar-refractivity contribution in [3.8, 4) is 0 Å². The van der Waals surface area contributed by atoms with Gasteiger partial charge in [-0.15, -0.1) is 0 Å². The van der Waals surface area contributed by atoms with E-state index >= 15 is 0 Å². The zero-order valence-electron chi connectivity index (χ0n) is 16.2. The van der Waals surface area contributed by atoms with Gasteiger partial charge in [0.05, 0.1) is 22.4 Å². The smallest absolute Gasteiger partial charge is 0.379 e. The van der Waals surface area contributed by atoms with E-state index in [0.717, 1.165) is 12.3 Å². The van der Waals surface area contributed by atoms with E-state index in [4.69, 9.17) is 0 Å². The van der Waals surface area contributed by atoms with Gasteiger partial charge in [-0.2, -0.15) is 13.2 Å². The molecule has 0 aliphatic carbocycles. The van der Waals surface area contributed by atoms with E-state index < -0.39 is 38.3 Å². The average molecular weight is 460 g/mol. The normalized spacial score (nSPS) is 11.6. The lowest BCUT2D eigenvalue weighted by atomic mass is 10.1. The van der Waals surface area contributed by atoms with Gasteiger partial charge in [-0.1, -0.05) is 18.2 Å². The molecule has 0 spiro atoms. The number of anilines is 2. The highest BCUT2D eigenvalue weighted by molar-refractivity contribution is 7.92. The molecule has 3 N–H and O–H groups in total. The number of nitro benzene ring substituents is 1. The van der Waals surface area contributed by atoms with Gasteiger partial charge in [0.2, 0.25) is 15.9 Å². The zero-order valence-corrected chi connectivity index (χ0v) is 17.0. The first-order valence-corrected chi connectivity index (χ1v) is 10.7. The number of nitrogens with one attached hydrogen (secondary N) is 3. The molecule has 0 fully saturated rings. The van der Waals surface area contributed by atoms with E-state index in [9.17, 15) is 36.5 Å². The number of carbonyl (C=O) groups is 1. The van der Waals surface area contributed by atoms with Crippen molar-refractivity contribution >= 4 is 33.0 Å². The van der Waals surface area contributed by atoms with Crippen molar-refractivity contribution in [1.29, 1.82) is 0 Å². The minimum atomic E-state index is -4.72. The summed E-state index contributed by atoms with van der Waals surface area (Å²) in [5, 5.41) is 16.2. The minimum absolute atomic E-state index is 0.0257. The second-order valence-electron chi connectivity index (χ2n) is 6.47. The van der Waals surface area contributed by atoms with Gasteiger partial charge in [-0.25, -0.2) is 8.42 Å². The Morgan fingerprint density at radius 3 is 2.42 bits per heavy atom. The fourth-order valence-electron chi connectivity index (χ4n) is 2.58. The molecule has 0 aromatic heterocycles. The number of halogens is 3. The molecule has 2 rings (SSSR count). The van der Waals surface area contributed by atoms with Gasteiger partial charge >= 0.3 is 6.18 Å². The highest BCUT2D eigenvalue weighted by Crippen LogP contribution is 2.34. The number of hydrogen-bond acceptors (Lipinski definition) is 6. The van der Waals surface area contributed by atoms with E-state index in [2.05, 4.69) is 15.4 Å². The number of rotatable bonds is 9. The summed E-state index contributed by atoms with van der Waals surface area (Å²) in [6.45, 7) is -0.0424. The first kappa shape index (κ1) is 23.9. The summed E-state index contributed by atoms with van der Waals surface area (Å²) >= 11 is 0. The van der Waals surface area contributed by atoms with Crippen LogP contribution in [0.2, 0.25) is 0 Å². The van der Waals surface area contributed by atoms with Crippen molar-refractivity contribution in [3.05, 3.63) is 63.7 Å². The molecule has 1 amide bonds. The number of nitro groups is 1. The van der Waals surface area contributed by atoms with Gasteiger partial charge in [-0.3, -0.25) is 19.6 Å². The monoisotopic (exact) mass is 460 g/mol. The molecule has 0 aliphatic heterocycles. The molecular formula is C18H19F3N4O5S. The van der Waals surface area contributed by atoms with Gasteiger partial charge in [-0.05, 0) is 23.8 Å². The molecule has 0 radical (unpaired) electrons. The van der Waals surface area contributed by atoms with Gasteiger partial charge in [0, 0.05) is 25.6 Å². The van der Waals surface area contributed by atoms with Gasteiger partial charge in [0.1, 0.15) is 5.69 Å². The topological polar surface area (TPSA) is 130 Å². The first-order chi connectivity index (χ1) is 14.4. The standard InChI is InChI=1S/C18H19F3N4O5S/c1-31(29,30)24-14-5-3-2-4-12(14)11-23-17(26)8-9-22-15-7-6-13(18(19,20)21)10-16(15)25(27)28/h2-7,10,22,24H,8-9,11H2,1H3,(H,23,26). The predicted octanol–water partition coefficient (Wildman–Crippen LogP) is 3.10. The highest BCUT2D eigenvalue weighted by Gasteiger charge is 2.33. The Hall–Kier alpha value is -3.35. The van der Waals surface area contributed by atoms with Crippen LogP contribution in [0, 0.1) is 10.1 Å². The second kappa shape index (κ2) is 9.64. The number of amides is 1. The third-order valence-corrected chi connectivity index (χ3v) is 4.57. The average Bonchev–Trinajstić information content (AvgIpc) is 2.65. The molecule has 168 valence electrons. The number of carbonyl (C=O) groups excluding carboxylic acids is 1. The number of sulfonamides is 1. The van der Waals surface area contributed by atoms with Crippen LogP contribution in [-0.4, -0.2) is 32.0 Å². The molecule has 0 heterocycles. The molecule has 0 aliphatic rings. The molecule has 31 heavy (non-hydrogen) atoms. The maximum Gasteiger partial charge on any atom is 0.416 e.